The predicted octanol–water partition coefficient (Wildman–Crippen LogP) is 2.41. The number of hydrogen-bond donors (Lipinski definition) is 1. The first kappa shape index (κ1) is 17.8. The van der Waals surface area contributed by atoms with Gasteiger partial charge in [0, 0.05) is 49.7 Å². The molecule has 8 nitrogen and oxygen atoms in total. The fourth-order valence-corrected chi connectivity index (χ4v) is 3.85. The first-order valence-corrected chi connectivity index (χ1v) is 10.3. The van der Waals surface area contributed by atoms with Crippen LogP contribution in [0.5, 0.6) is 0 Å². The quantitative estimate of drug-likeness (QED) is 0.669. The Morgan fingerprint density at radius 1 is 1.26 bits per heavy atom. The lowest BCUT2D eigenvalue weighted by Crippen LogP contribution is -2.26. The number of nitrogens with one attached hydrogen (secondary N) is 1. The maximum absolute atomic E-state index is 12.1. The molecule has 142 valence electrons. The van der Waals surface area contributed by atoms with Crippen LogP contribution < -0.4 is 5.32 Å². The lowest BCUT2D eigenvalue weighted by atomic mass is 10.2. The van der Waals surface area contributed by atoms with Gasteiger partial charge in [0.15, 0.2) is 0 Å². The zero-order valence-corrected chi connectivity index (χ0v) is 15.9. The van der Waals surface area contributed by atoms with E-state index in [2.05, 4.69) is 30.2 Å². The SMILES string of the molecule is O=C(CCc1nc(-c2ccsc2)no1)NCCc1nnc2n1CCCCC2. The average Bonchev–Trinajstić information content (AvgIpc) is 3.39. The van der Waals surface area contributed by atoms with Gasteiger partial charge in [-0.25, -0.2) is 0 Å². The van der Waals surface area contributed by atoms with Crippen LogP contribution in [0.4, 0.5) is 0 Å². The highest BCUT2D eigenvalue weighted by atomic mass is 32.1. The van der Waals surface area contributed by atoms with Crippen LogP contribution >= 0.6 is 11.3 Å². The molecule has 0 fully saturated rings. The summed E-state index contributed by atoms with van der Waals surface area (Å²) >= 11 is 1.58. The highest BCUT2D eigenvalue weighted by Crippen LogP contribution is 2.19. The summed E-state index contributed by atoms with van der Waals surface area (Å²) in [7, 11) is 0. The van der Waals surface area contributed by atoms with Gasteiger partial charge >= 0.3 is 0 Å². The van der Waals surface area contributed by atoms with Crippen LogP contribution in [-0.2, 0) is 30.6 Å². The Morgan fingerprint density at radius 3 is 3.11 bits per heavy atom. The van der Waals surface area contributed by atoms with E-state index < -0.39 is 0 Å². The molecule has 4 rings (SSSR count). The second kappa shape index (κ2) is 8.43. The molecule has 0 aromatic carbocycles. The Labute approximate surface area is 161 Å². The van der Waals surface area contributed by atoms with Gasteiger partial charge in [-0.1, -0.05) is 11.6 Å². The number of fused-ring (bicyclic) bond motifs is 1. The fraction of sp³-hybridized carbons (Fsp3) is 0.500. The van der Waals surface area contributed by atoms with Crippen LogP contribution in [0.3, 0.4) is 0 Å². The molecule has 1 amide bonds. The van der Waals surface area contributed by atoms with E-state index in [9.17, 15) is 4.79 Å². The van der Waals surface area contributed by atoms with Gasteiger partial charge in [0.05, 0.1) is 0 Å². The Kier molecular flexibility index (Phi) is 5.57. The first-order valence-electron chi connectivity index (χ1n) is 9.32. The van der Waals surface area contributed by atoms with Gasteiger partial charge in [0.1, 0.15) is 11.6 Å². The normalized spacial score (nSPS) is 13.9. The molecule has 27 heavy (non-hydrogen) atoms. The van der Waals surface area contributed by atoms with E-state index in [1.807, 2.05) is 16.8 Å². The number of carbonyl (C=O) groups is 1. The number of hydrogen-bond acceptors (Lipinski definition) is 7. The van der Waals surface area contributed by atoms with E-state index in [4.69, 9.17) is 4.52 Å². The molecule has 1 aliphatic heterocycles. The van der Waals surface area contributed by atoms with E-state index in [0.29, 0.717) is 37.5 Å². The summed E-state index contributed by atoms with van der Waals surface area (Å²) in [5.41, 5.74) is 0.937. The number of carbonyl (C=O) groups excluding carboxylic acids is 1. The third kappa shape index (κ3) is 4.41. The number of thiophene rings is 1. The van der Waals surface area contributed by atoms with E-state index in [1.165, 1.54) is 19.3 Å². The Hall–Kier alpha value is -2.55. The van der Waals surface area contributed by atoms with Crippen LogP contribution in [0.15, 0.2) is 21.3 Å². The molecule has 0 saturated carbocycles. The van der Waals surface area contributed by atoms with Crippen molar-refractivity contribution in [3.05, 3.63) is 34.4 Å². The van der Waals surface area contributed by atoms with E-state index in [0.717, 1.165) is 30.2 Å². The van der Waals surface area contributed by atoms with Gasteiger partial charge in [0.25, 0.3) is 0 Å². The van der Waals surface area contributed by atoms with E-state index in [1.54, 1.807) is 11.3 Å². The first-order chi connectivity index (χ1) is 13.3. The van der Waals surface area contributed by atoms with Crippen LogP contribution in [0.1, 0.15) is 43.2 Å². The summed E-state index contributed by atoms with van der Waals surface area (Å²) in [6.07, 6.45) is 6.04. The molecule has 0 unspecified atom stereocenters. The molecule has 1 aliphatic rings. The van der Waals surface area contributed by atoms with Crippen molar-refractivity contribution in [2.75, 3.05) is 6.54 Å². The lowest BCUT2D eigenvalue weighted by Gasteiger charge is -2.07. The second-order valence-electron chi connectivity index (χ2n) is 6.62. The van der Waals surface area contributed by atoms with Gasteiger partial charge in [-0.15, -0.1) is 10.2 Å². The highest BCUT2D eigenvalue weighted by Gasteiger charge is 2.15. The number of rotatable bonds is 7. The molecule has 0 bridgehead atoms. The van der Waals surface area contributed by atoms with E-state index in [-0.39, 0.29) is 5.91 Å². The molecular weight excluding hydrogens is 364 g/mol. The molecule has 0 saturated heterocycles. The molecule has 0 atom stereocenters. The highest BCUT2D eigenvalue weighted by molar-refractivity contribution is 7.08. The van der Waals surface area contributed by atoms with Crippen molar-refractivity contribution in [1.82, 2.24) is 30.2 Å². The summed E-state index contributed by atoms with van der Waals surface area (Å²) in [6.45, 7) is 1.54. The predicted molar refractivity (Wildman–Crippen MR) is 100 cm³/mol. The van der Waals surface area contributed by atoms with Crippen molar-refractivity contribution in [2.45, 2.75) is 51.5 Å². The van der Waals surface area contributed by atoms with Gasteiger partial charge in [-0.3, -0.25) is 4.79 Å². The van der Waals surface area contributed by atoms with Gasteiger partial charge in [-0.05, 0) is 24.3 Å². The molecule has 1 N–H and O–H groups in total. The van der Waals surface area contributed by atoms with Crippen molar-refractivity contribution >= 4 is 17.2 Å². The number of nitrogens with zero attached hydrogens (tertiary/aromatic N) is 5. The third-order valence-electron chi connectivity index (χ3n) is 4.67. The largest absolute Gasteiger partial charge is 0.356 e. The van der Waals surface area contributed by atoms with Crippen LogP contribution in [0.2, 0.25) is 0 Å². The van der Waals surface area contributed by atoms with E-state index >= 15 is 0 Å². The summed E-state index contributed by atoms with van der Waals surface area (Å²) < 4.78 is 7.43. The average molecular weight is 386 g/mol. The van der Waals surface area contributed by atoms with Gasteiger partial charge < -0.3 is 14.4 Å². The number of aromatic nitrogens is 5. The van der Waals surface area contributed by atoms with Crippen LogP contribution in [0.25, 0.3) is 11.4 Å². The Bertz CT molecular complexity index is 886. The fourth-order valence-electron chi connectivity index (χ4n) is 3.22. The summed E-state index contributed by atoms with van der Waals surface area (Å²) in [5.74, 6) is 3.06. The minimum atomic E-state index is -0.0270. The van der Waals surface area contributed by atoms with Crippen molar-refractivity contribution in [3.8, 4) is 11.4 Å². The monoisotopic (exact) mass is 386 g/mol. The van der Waals surface area contributed by atoms with Crippen molar-refractivity contribution in [3.63, 3.8) is 0 Å². The molecule has 0 aliphatic carbocycles. The zero-order chi connectivity index (χ0) is 18.5. The minimum Gasteiger partial charge on any atom is -0.356 e. The standard InChI is InChI=1S/C18H22N6O2S/c25-16(5-6-17-20-18(23-26-17)13-8-11-27-12-13)19-9-7-15-22-21-14-4-2-1-3-10-24(14)15/h8,11-12H,1-7,9-10H2,(H,19,25). The van der Waals surface area contributed by atoms with Crippen molar-refractivity contribution in [1.29, 1.82) is 0 Å². The van der Waals surface area contributed by atoms with Crippen molar-refractivity contribution in [2.24, 2.45) is 0 Å². The maximum atomic E-state index is 12.1. The lowest BCUT2D eigenvalue weighted by molar-refractivity contribution is -0.121. The van der Waals surface area contributed by atoms with Crippen LogP contribution in [-0.4, -0.2) is 37.4 Å². The van der Waals surface area contributed by atoms with Crippen molar-refractivity contribution < 1.29 is 9.32 Å². The molecule has 3 aromatic rings. The van der Waals surface area contributed by atoms with Crippen LogP contribution in [0, 0.1) is 0 Å². The summed E-state index contributed by atoms with van der Waals surface area (Å²) in [6, 6.07) is 1.94. The number of aryl methyl sites for hydroxylation is 2. The Balaban J connectivity index is 1.22. The Morgan fingerprint density at radius 2 is 2.22 bits per heavy atom. The summed E-state index contributed by atoms with van der Waals surface area (Å²) in [5, 5.41) is 19.4. The molecule has 9 heteroatoms. The molecule has 0 radical (unpaired) electrons. The molecule has 0 spiro atoms. The summed E-state index contributed by atoms with van der Waals surface area (Å²) in [4.78, 5) is 16.4. The third-order valence-corrected chi connectivity index (χ3v) is 5.35. The minimum absolute atomic E-state index is 0.0270. The van der Waals surface area contributed by atoms with Gasteiger partial charge in [0.2, 0.25) is 17.6 Å². The maximum Gasteiger partial charge on any atom is 0.227 e. The topological polar surface area (TPSA) is 98.7 Å². The smallest absolute Gasteiger partial charge is 0.227 e. The zero-order valence-electron chi connectivity index (χ0n) is 15.1. The number of amides is 1. The molecular formula is C18H22N6O2S. The second-order valence-corrected chi connectivity index (χ2v) is 7.40. The van der Waals surface area contributed by atoms with Gasteiger partial charge in [-0.2, -0.15) is 16.3 Å². The molecule has 3 aromatic heterocycles. The molecule has 4 heterocycles.